The molecule has 0 aliphatic rings. The highest BCUT2D eigenvalue weighted by atomic mass is 16.4. The Labute approximate surface area is 106 Å². The van der Waals surface area contributed by atoms with Crippen LogP contribution in [0.4, 0.5) is 4.79 Å². The van der Waals surface area contributed by atoms with E-state index in [1.165, 1.54) is 4.90 Å². The van der Waals surface area contributed by atoms with Gasteiger partial charge in [-0.05, 0) is 12.0 Å². The van der Waals surface area contributed by atoms with Gasteiger partial charge in [-0.25, -0.2) is 9.59 Å². The first-order valence-corrected chi connectivity index (χ1v) is 5.83. The normalized spacial score (nSPS) is 11.7. The van der Waals surface area contributed by atoms with Gasteiger partial charge in [-0.3, -0.25) is 0 Å². The number of nitrogens with one attached hydrogen (secondary N) is 1. The van der Waals surface area contributed by atoms with Crippen LogP contribution in [-0.2, 0) is 11.3 Å². The Morgan fingerprint density at radius 3 is 2.44 bits per heavy atom. The second-order valence-electron chi connectivity index (χ2n) is 4.09. The lowest BCUT2D eigenvalue weighted by Gasteiger charge is -2.20. The predicted molar refractivity (Wildman–Crippen MR) is 68.2 cm³/mol. The molecule has 5 nitrogen and oxygen atoms in total. The number of amides is 2. The Balaban J connectivity index is 2.54. The van der Waals surface area contributed by atoms with Crippen LogP contribution in [-0.4, -0.2) is 35.1 Å². The molecule has 2 amide bonds. The fraction of sp³-hybridized carbons (Fsp3) is 0.385. The zero-order valence-electron chi connectivity index (χ0n) is 10.6. The highest BCUT2D eigenvalue weighted by molar-refractivity contribution is 5.82. The topological polar surface area (TPSA) is 69.6 Å². The van der Waals surface area contributed by atoms with Crippen LogP contribution in [0.1, 0.15) is 18.9 Å². The molecule has 0 bridgehead atoms. The second-order valence-corrected chi connectivity index (χ2v) is 4.09. The van der Waals surface area contributed by atoms with Crippen molar-refractivity contribution in [1.29, 1.82) is 0 Å². The van der Waals surface area contributed by atoms with Crippen LogP contribution in [0.25, 0.3) is 0 Å². The maximum Gasteiger partial charge on any atom is 0.326 e. The second kappa shape index (κ2) is 6.64. The van der Waals surface area contributed by atoms with Crippen molar-refractivity contribution < 1.29 is 14.7 Å². The molecule has 0 radical (unpaired) electrons. The smallest absolute Gasteiger partial charge is 0.326 e. The lowest BCUT2D eigenvalue weighted by molar-refractivity contribution is -0.139. The van der Waals surface area contributed by atoms with Crippen LogP contribution < -0.4 is 5.32 Å². The number of benzene rings is 1. The van der Waals surface area contributed by atoms with Gasteiger partial charge in [0.15, 0.2) is 0 Å². The molecule has 0 aliphatic heterocycles. The van der Waals surface area contributed by atoms with Crippen molar-refractivity contribution in [3.05, 3.63) is 35.9 Å². The molecule has 0 spiro atoms. The quantitative estimate of drug-likeness (QED) is 0.835. The maximum atomic E-state index is 11.8. The lowest BCUT2D eigenvalue weighted by atomic mass is 10.2. The summed E-state index contributed by atoms with van der Waals surface area (Å²) in [5.41, 5.74) is 0.999. The minimum absolute atomic E-state index is 0.361. The van der Waals surface area contributed by atoms with E-state index in [-0.39, 0.29) is 6.03 Å². The molecular weight excluding hydrogens is 232 g/mol. The number of rotatable bonds is 5. The number of urea groups is 1. The van der Waals surface area contributed by atoms with Gasteiger partial charge in [-0.15, -0.1) is 0 Å². The van der Waals surface area contributed by atoms with Gasteiger partial charge in [-0.2, -0.15) is 0 Å². The molecule has 1 atom stereocenters. The largest absolute Gasteiger partial charge is 0.480 e. The van der Waals surface area contributed by atoms with Crippen molar-refractivity contribution >= 4 is 12.0 Å². The Kier molecular flexibility index (Phi) is 5.17. The van der Waals surface area contributed by atoms with Gasteiger partial charge in [-0.1, -0.05) is 37.3 Å². The first-order valence-electron chi connectivity index (χ1n) is 5.83. The molecule has 0 aromatic heterocycles. The van der Waals surface area contributed by atoms with Crippen LogP contribution in [0, 0.1) is 0 Å². The van der Waals surface area contributed by atoms with E-state index >= 15 is 0 Å². The Morgan fingerprint density at radius 1 is 1.33 bits per heavy atom. The summed E-state index contributed by atoms with van der Waals surface area (Å²) >= 11 is 0. The average Bonchev–Trinajstić information content (AvgIpc) is 2.36. The highest BCUT2D eigenvalue weighted by Crippen LogP contribution is 2.03. The summed E-state index contributed by atoms with van der Waals surface area (Å²) in [5, 5.41) is 11.3. The number of carbonyl (C=O) groups is 2. The fourth-order valence-corrected chi connectivity index (χ4v) is 1.53. The van der Waals surface area contributed by atoms with Crippen LogP contribution in [0.2, 0.25) is 0 Å². The fourth-order valence-electron chi connectivity index (χ4n) is 1.53. The van der Waals surface area contributed by atoms with Crippen molar-refractivity contribution in [2.24, 2.45) is 0 Å². The molecule has 98 valence electrons. The van der Waals surface area contributed by atoms with Crippen LogP contribution in [0.3, 0.4) is 0 Å². The third-order valence-electron chi connectivity index (χ3n) is 2.61. The van der Waals surface area contributed by atoms with Crippen molar-refractivity contribution in [2.45, 2.75) is 25.9 Å². The van der Waals surface area contributed by atoms with Gasteiger partial charge in [0.05, 0.1) is 0 Å². The minimum atomic E-state index is -1.01. The Hall–Kier alpha value is -2.04. The molecule has 5 heteroatoms. The summed E-state index contributed by atoms with van der Waals surface area (Å²) in [6, 6.07) is 8.31. The third kappa shape index (κ3) is 4.08. The molecule has 1 rings (SSSR count). The van der Waals surface area contributed by atoms with Crippen molar-refractivity contribution in [3.8, 4) is 0 Å². The van der Waals surface area contributed by atoms with E-state index in [1.54, 1.807) is 14.0 Å². The van der Waals surface area contributed by atoms with Crippen molar-refractivity contribution in [3.63, 3.8) is 0 Å². The standard InChI is InChI=1S/C13H18N2O3/c1-3-11(12(16)17)14-13(18)15(2)9-10-7-5-4-6-8-10/h4-8,11H,3,9H2,1-2H3,(H,14,18)(H,16,17)/t11-/m1/s1. The number of carbonyl (C=O) groups excluding carboxylic acids is 1. The summed E-state index contributed by atoms with van der Waals surface area (Å²) in [4.78, 5) is 24.0. The summed E-state index contributed by atoms with van der Waals surface area (Å²) in [7, 11) is 1.64. The molecular formula is C13H18N2O3. The summed E-state index contributed by atoms with van der Waals surface area (Å²) in [6.07, 6.45) is 0.361. The predicted octanol–water partition coefficient (Wildman–Crippen LogP) is 1.69. The average molecular weight is 250 g/mol. The zero-order valence-corrected chi connectivity index (χ0v) is 10.6. The summed E-state index contributed by atoms with van der Waals surface area (Å²) in [5.74, 6) is -1.01. The number of carboxylic acids is 1. The van der Waals surface area contributed by atoms with Crippen LogP contribution >= 0.6 is 0 Å². The summed E-state index contributed by atoms with van der Waals surface area (Å²) in [6.45, 7) is 2.17. The monoisotopic (exact) mass is 250 g/mol. The molecule has 0 saturated carbocycles. The van der Waals surface area contributed by atoms with Gasteiger partial charge in [0.2, 0.25) is 0 Å². The van der Waals surface area contributed by atoms with E-state index in [4.69, 9.17) is 5.11 Å². The number of hydrogen-bond acceptors (Lipinski definition) is 2. The molecule has 0 fully saturated rings. The van der Waals surface area contributed by atoms with Gasteiger partial charge >= 0.3 is 12.0 Å². The van der Waals surface area contributed by atoms with E-state index in [0.717, 1.165) is 5.56 Å². The van der Waals surface area contributed by atoms with Crippen LogP contribution in [0.5, 0.6) is 0 Å². The van der Waals surface area contributed by atoms with Gasteiger partial charge in [0.25, 0.3) is 0 Å². The molecule has 0 aliphatic carbocycles. The van der Waals surface area contributed by atoms with E-state index in [1.807, 2.05) is 30.3 Å². The van der Waals surface area contributed by atoms with Crippen molar-refractivity contribution in [2.75, 3.05) is 7.05 Å². The van der Waals surface area contributed by atoms with Gasteiger partial charge in [0, 0.05) is 13.6 Å². The van der Waals surface area contributed by atoms with E-state index in [2.05, 4.69) is 5.32 Å². The Bertz CT molecular complexity index is 406. The van der Waals surface area contributed by atoms with E-state index < -0.39 is 12.0 Å². The third-order valence-corrected chi connectivity index (χ3v) is 2.61. The highest BCUT2D eigenvalue weighted by Gasteiger charge is 2.19. The number of hydrogen-bond donors (Lipinski definition) is 2. The molecule has 0 heterocycles. The molecule has 18 heavy (non-hydrogen) atoms. The van der Waals surface area contributed by atoms with Gasteiger partial charge < -0.3 is 15.3 Å². The van der Waals surface area contributed by atoms with E-state index in [9.17, 15) is 9.59 Å². The molecule has 1 aromatic rings. The zero-order chi connectivity index (χ0) is 13.5. The summed E-state index contributed by atoms with van der Waals surface area (Å²) < 4.78 is 0. The van der Waals surface area contributed by atoms with Crippen molar-refractivity contribution in [1.82, 2.24) is 10.2 Å². The maximum absolute atomic E-state index is 11.8. The molecule has 2 N–H and O–H groups in total. The molecule has 1 aromatic carbocycles. The first-order chi connectivity index (χ1) is 8.54. The van der Waals surface area contributed by atoms with Crippen LogP contribution in [0.15, 0.2) is 30.3 Å². The minimum Gasteiger partial charge on any atom is -0.480 e. The first kappa shape index (κ1) is 14.0. The Morgan fingerprint density at radius 2 is 1.94 bits per heavy atom. The van der Waals surface area contributed by atoms with Gasteiger partial charge in [0.1, 0.15) is 6.04 Å². The molecule has 0 unspecified atom stereocenters. The number of aliphatic carboxylic acids is 1. The number of carboxylic acid groups (broad SMARTS) is 1. The number of nitrogens with zero attached hydrogens (tertiary/aromatic N) is 1. The molecule has 0 saturated heterocycles. The SMILES string of the molecule is CC[C@@H](NC(=O)N(C)Cc1ccccc1)C(=O)O. The lowest BCUT2D eigenvalue weighted by Crippen LogP contribution is -2.46. The van der Waals surface area contributed by atoms with E-state index in [0.29, 0.717) is 13.0 Å².